The summed E-state index contributed by atoms with van der Waals surface area (Å²) >= 11 is 1.34. The number of anilines is 2. The van der Waals surface area contributed by atoms with Gasteiger partial charge in [-0.05, 0) is 112 Å². The molecule has 2 aromatic carbocycles. The molecule has 1 saturated carbocycles. The monoisotopic (exact) mass is 1400 g/mol. The number of likely N-dealkylation sites (tertiary alicyclic amines) is 1. The molecule has 0 bridgehead atoms. The lowest BCUT2D eigenvalue weighted by molar-refractivity contribution is -0.140. The third-order valence-electron chi connectivity index (χ3n) is 18.1. The van der Waals surface area contributed by atoms with E-state index in [0.29, 0.717) is 116 Å². The summed E-state index contributed by atoms with van der Waals surface area (Å²) in [6.07, 6.45) is 10.0. The molecule has 4 amide bonds. The molecule has 0 radical (unpaired) electrons. The summed E-state index contributed by atoms with van der Waals surface area (Å²) in [6.45, 7) is 16.6. The number of nitrogens with zero attached hydrogens (tertiary/aromatic N) is 10. The van der Waals surface area contributed by atoms with Crippen molar-refractivity contribution in [3.8, 4) is 22.7 Å². The maximum absolute atomic E-state index is 15.6. The lowest BCUT2D eigenvalue weighted by Gasteiger charge is -2.36. The minimum absolute atomic E-state index is 0.0101. The molecule has 0 unspecified atom stereocenters. The van der Waals surface area contributed by atoms with Gasteiger partial charge in [-0.1, -0.05) is 52.2 Å². The zero-order valence-electron chi connectivity index (χ0n) is 58.4. The Bertz CT molecular complexity index is 4190. The van der Waals surface area contributed by atoms with Crippen LogP contribution in [0.2, 0.25) is 0 Å². The van der Waals surface area contributed by atoms with Gasteiger partial charge in [0.15, 0.2) is 11.6 Å². The summed E-state index contributed by atoms with van der Waals surface area (Å²) in [7, 11) is 3.10. The number of hydrogen-bond acceptors (Lipinski definition) is 20. The number of fused-ring (bicyclic) bond motifs is 2. The zero-order valence-corrected chi connectivity index (χ0v) is 59.2. The molecule has 10 rings (SSSR count). The predicted octanol–water partition coefficient (Wildman–Crippen LogP) is 8.56. The Morgan fingerprint density at radius 2 is 1.54 bits per heavy atom. The summed E-state index contributed by atoms with van der Waals surface area (Å²) in [5.74, 6) is -0.811. The van der Waals surface area contributed by atoms with E-state index >= 15 is 4.39 Å². The van der Waals surface area contributed by atoms with E-state index < -0.39 is 47.7 Å². The predicted molar refractivity (Wildman–Crippen MR) is 372 cm³/mol. The van der Waals surface area contributed by atoms with E-state index in [1.807, 2.05) is 20.8 Å². The number of amides is 4. The van der Waals surface area contributed by atoms with Gasteiger partial charge >= 0.3 is 6.09 Å². The van der Waals surface area contributed by atoms with Crippen LogP contribution in [-0.2, 0) is 70.2 Å². The maximum Gasteiger partial charge on any atom is 0.410 e. The second-order valence-corrected chi connectivity index (χ2v) is 28.3. The fourth-order valence-corrected chi connectivity index (χ4v) is 13.5. The summed E-state index contributed by atoms with van der Waals surface area (Å²) in [4.78, 5) is 109. The number of rotatable bonds is 29. The van der Waals surface area contributed by atoms with Crippen LogP contribution in [0.1, 0.15) is 144 Å². The van der Waals surface area contributed by atoms with Crippen LogP contribution in [0.3, 0.4) is 0 Å². The first-order valence-corrected chi connectivity index (χ1v) is 35.0. The number of carbonyl (C=O) groups excluding carboxylic acids is 5. The Labute approximate surface area is 584 Å². The molecule has 1 saturated heterocycles. The number of hydrogen-bond donors (Lipinski definition) is 3. The smallest absolute Gasteiger partial charge is 0.410 e. The van der Waals surface area contributed by atoms with E-state index in [-0.39, 0.29) is 94.9 Å². The standard InChI is InChI=1S/C72H91FN12O14S/c1-45(81(9)70(93)99-72(5,6)7)65(89)78-62(46-15-11-10-12-16-46)69(92)83-23-14-19-58(83)66-77-57(44-100-66)63(88)47-17-13-18-52(36-47)98-34-33-97-32-31-96-30-29-95-28-27-94-26-21-60(87)82-24-25-84-51(42-82)39-59(79-84)76-56-37-49(41-80(8)67(56)90)53-20-22-74-64(54(53)43-86)85-68(91)61-48(40-75-85)35-50(38-55(61)73)71(2,3)4/h13,17-18,20,22,35-41,44-46,58,62,86H,10-12,14-16,19,21,23-34,42-43H2,1-9H3,(H,76,79)(H,78,89)/t45-,58-,62-/m0/s1. The fourth-order valence-electron chi connectivity index (χ4n) is 12.5. The third-order valence-corrected chi connectivity index (χ3v) is 19.0. The van der Waals surface area contributed by atoms with Gasteiger partial charge in [-0.2, -0.15) is 14.9 Å². The van der Waals surface area contributed by atoms with Gasteiger partial charge < -0.3 is 58.5 Å². The van der Waals surface area contributed by atoms with Crippen LogP contribution in [0, 0.1) is 11.7 Å². The number of ketones is 1. The van der Waals surface area contributed by atoms with Gasteiger partial charge in [0.2, 0.25) is 23.5 Å². The molecule has 0 spiro atoms. The number of nitrogens with one attached hydrogen (secondary N) is 2. The molecule has 1 aliphatic carbocycles. The third kappa shape index (κ3) is 18.2. The summed E-state index contributed by atoms with van der Waals surface area (Å²) in [6, 6.07) is 13.0. The number of thiazole rings is 1. The van der Waals surface area contributed by atoms with Gasteiger partial charge in [0.25, 0.3) is 11.1 Å². The number of aliphatic hydroxyl groups excluding tert-OH is 1. The highest BCUT2D eigenvalue weighted by atomic mass is 32.1. The fraction of sp³-hybridized carbons (Fsp3) is 0.514. The van der Waals surface area contributed by atoms with Crippen molar-refractivity contribution < 1.29 is 61.9 Å². The number of pyridine rings is 2. The topological polar surface area (TPSA) is 295 Å². The van der Waals surface area contributed by atoms with Crippen molar-refractivity contribution in [1.82, 2.24) is 54.1 Å². The lowest BCUT2D eigenvalue weighted by atomic mass is 9.83. The van der Waals surface area contributed by atoms with E-state index in [4.69, 9.17) is 33.4 Å². The van der Waals surface area contributed by atoms with Crippen LogP contribution in [0.4, 0.5) is 20.7 Å². The van der Waals surface area contributed by atoms with Crippen molar-refractivity contribution in [3.63, 3.8) is 0 Å². The number of carbonyl (C=O) groups is 5. The zero-order chi connectivity index (χ0) is 71.4. The number of likely N-dealkylation sites (N-methyl/N-ethyl adjacent to an activating group) is 1. The number of aliphatic hydroxyl groups is 1. The van der Waals surface area contributed by atoms with E-state index in [0.717, 1.165) is 48.9 Å². The maximum atomic E-state index is 15.6. The van der Waals surface area contributed by atoms with Crippen LogP contribution in [0.5, 0.6) is 5.75 Å². The SMILES string of the molecule is C[C@@H](C(=O)N[C@H](C(=O)N1CCC[C@H]1c1nc(C(=O)c2cccc(OCCOCCOCCOCCOCCC(=O)N3CCn4nc(Nc5cc(-c6ccnc(-n7ncc8cc(C(C)(C)C)cc(F)c8c7=O)c6CO)cn(C)c5=O)cc4C3)c2)cs1)C1CCCCC1)N(C)C(=O)OC(C)(C)C. The van der Waals surface area contributed by atoms with E-state index in [2.05, 4.69) is 25.8 Å². The molecule has 2 fully saturated rings. The number of aromatic nitrogens is 7. The molecule has 3 aliphatic rings. The first-order chi connectivity index (χ1) is 47.9. The average Bonchev–Trinajstić information content (AvgIpc) is 1.11. The van der Waals surface area contributed by atoms with Crippen LogP contribution in [-0.4, -0.2) is 181 Å². The first kappa shape index (κ1) is 73.9. The Morgan fingerprint density at radius 3 is 2.24 bits per heavy atom. The Morgan fingerprint density at radius 1 is 0.830 bits per heavy atom. The first-order valence-electron chi connectivity index (χ1n) is 34.1. The van der Waals surface area contributed by atoms with Crippen molar-refractivity contribution in [2.45, 2.75) is 149 Å². The van der Waals surface area contributed by atoms with Gasteiger partial charge in [0, 0.05) is 73.1 Å². The van der Waals surface area contributed by atoms with Gasteiger partial charge in [-0.15, -0.1) is 11.3 Å². The number of halogens is 1. The molecular formula is C72H91FN12O14S. The van der Waals surface area contributed by atoms with E-state index in [1.165, 1.54) is 46.3 Å². The molecule has 3 atom stereocenters. The molecule has 7 aromatic rings. The van der Waals surface area contributed by atoms with Crippen molar-refractivity contribution in [1.29, 1.82) is 0 Å². The van der Waals surface area contributed by atoms with Gasteiger partial charge in [-0.25, -0.2) is 19.2 Å². The highest BCUT2D eigenvalue weighted by molar-refractivity contribution is 7.10. The summed E-state index contributed by atoms with van der Waals surface area (Å²) < 4.78 is 53.8. The van der Waals surface area contributed by atoms with E-state index in [9.17, 15) is 38.7 Å². The Hall–Kier alpha value is -8.80. The normalized spacial score (nSPS) is 15.7. The second kappa shape index (κ2) is 33.1. The highest BCUT2D eigenvalue weighted by Gasteiger charge is 2.41. The molecular weight excluding hydrogens is 1310 g/mol. The molecule has 7 heterocycles. The van der Waals surface area contributed by atoms with Gasteiger partial charge in [0.1, 0.15) is 52.2 Å². The number of ether oxygens (including phenoxy) is 6. The van der Waals surface area contributed by atoms with Crippen molar-refractivity contribution in [3.05, 3.63) is 138 Å². The summed E-state index contributed by atoms with van der Waals surface area (Å²) in [5, 5.41) is 28.5. The molecule has 28 heteroatoms. The van der Waals surface area contributed by atoms with Gasteiger partial charge in [-0.3, -0.25) is 38.3 Å². The van der Waals surface area contributed by atoms with Crippen LogP contribution in [0.25, 0.3) is 27.7 Å². The molecule has 3 N–H and O–H groups in total. The Balaban J connectivity index is 0.598. The molecule has 536 valence electrons. The van der Waals surface area contributed by atoms with E-state index in [1.54, 1.807) is 109 Å². The molecule has 2 aliphatic heterocycles. The van der Waals surface area contributed by atoms with Crippen molar-refractivity contribution >= 4 is 63.2 Å². The van der Waals surface area contributed by atoms with Crippen LogP contribution < -0.4 is 26.5 Å². The minimum atomic E-state index is -0.878. The van der Waals surface area contributed by atoms with Gasteiger partial charge in [0.05, 0.1) is 102 Å². The number of benzene rings is 2. The number of aryl methyl sites for hydroxylation is 1. The van der Waals surface area contributed by atoms with Crippen LogP contribution in [0.15, 0.2) is 88.2 Å². The Kier molecular flexibility index (Phi) is 24.5. The quantitative estimate of drug-likeness (QED) is 0.0292. The molecule has 5 aromatic heterocycles. The largest absolute Gasteiger partial charge is 0.491 e. The molecule has 100 heavy (non-hydrogen) atoms. The van der Waals surface area contributed by atoms with Crippen LogP contribution >= 0.6 is 11.3 Å². The van der Waals surface area contributed by atoms with Crippen molar-refractivity contribution in [2.24, 2.45) is 13.0 Å². The molecule has 26 nitrogen and oxygen atoms in total. The second-order valence-electron chi connectivity index (χ2n) is 27.4. The lowest BCUT2D eigenvalue weighted by Crippen LogP contribution is -2.56. The average molecular weight is 1400 g/mol. The minimum Gasteiger partial charge on any atom is -0.491 e. The highest BCUT2D eigenvalue weighted by Crippen LogP contribution is 2.38. The summed E-state index contributed by atoms with van der Waals surface area (Å²) in [5.41, 5.74) is 1.33. The van der Waals surface area contributed by atoms with Crippen molar-refractivity contribution in [2.75, 3.05) is 84.9 Å².